The van der Waals surface area contributed by atoms with E-state index in [1.54, 1.807) is 6.92 Å². The average molecular weight is 182 g/mol. The third-order valence-electron chi connectivity index (χ3n) is 1.92. The Morgan fingerprint density at radius 3 is 2.46 bits per heavy atom. The molecular weight excluding hydrogens is 172 g/mol. The number of anilines is 1. The van der Waals surface area contributed by atoms with E-state index in [1.165, 1.54) is 6.92 Å². The van der Waals surface area contributed by atoms with Crippen molar-refractivity contribution in [2.24, 2.45) is 0 Å². The normalized spacial score (nSPS) is 10.0. The Bertz CT molecular complexity index is 420. The minimum Gasteiger partial charge on any atom is -0.477 e. The molecule has 0 aliphatic rings. The van der Waals surface area contributed by atoms with Crippen LogP contribution in [-0.4, -0.2) is 16.1 Å². The van der Waals surface area contributed by atoms with Gasteiger partial charge in [-0.05, 0) is 19.4 Å². The Kier molecular flexibility index (Phi) is 2.10. The fourth-order valence-corrected chi connectivity index (χ4v) is 1.14. The molecule has 0 saturated heterocycles. The first-order chi connectivity index (χ1) is 5.95. The zero-order valence-corrected chi connectivity index (χ0v) is 7.34. The maximum absolute atomic E-state index is 11.2. The lowest BCUT2D eigenvalue weighted by molar-refractivity contribution is 0.0694. The molecule has 5 heteroatoms. The van der Waals surface area contributed by atoms with Gasteiger partial charge in [-0.3, -0.25) is 4.79 Å². The highest BCUT2D eigenvalue weighted by Crippen LogP contribution is 2.14. The molecule has 0 unspecified atom stereocenters. The molecule has 70 valence electrons. The first-order valence-electron chi connectivity index (χ1n) is 3.67. The van der Waals surface area contributed by atoms with E-state index in [-0.39, 0.29) is 5.56 Å². The number of hydrogen-bond donors (Lipinski definition) is 3. The fourth-order valence-electron chi connectivity index (χ4n) is 1.14. The molecule has 0 bridgehead atoms. The number of aryl methyl sites for hydroxylation is 1. The molecule has 13 heavy (non-hydrogen) atoms. The van der Waals surface area contributed by atoms with E-state index in [0.29, 0.717) is 16.9 Å². The number of nitrogens with two attached hydrogens (primary N) is 1. The largest absolute Gasteiger partial charge is 0.477 e. The first-order valence-corrected chi connectivity index (χ1v) is 3.67. The van der Waals surface area contributed by atoms with Crippen molar-refractivity contribution >= 4 is 11.7 Å². The summed E-state index contributed by atoms with van der Waals surface area (Å²) in [4.78, 5) is 24.2. The molecule has 0 atom stereocenters. The quantitative estimate of drug-likeness (QED) is 0.580. The van der Waals surface area contributed by atoms with Crippen molar-refractivity contribution in [2.45, 2.75) is 13.8 Å². The lowest BCUT2D eigenvalue weighted by atomic mass is 10.1. The van der Waals surface area contributed by atoms with Crippen LogP contribution in [0.3, 0.4) is 0 Å². The maximum atomic E-state index is 11.2. The number of nitrogen functional groups attached to an aromatic ring is 1. The molecule has 1 aromatic rings. The minimum atomic E-state index is -1.26. The van der Waals surface area contributed by atoms with Crippen molar-refractivity contribution < 1.29 is 9.90 Å². The number of carbonyl (C=O) groups is 1. The van der Waals surface area contributed by atoms with Gasteiger partial charge in [-0.15, -0.1) is 0 Å². The number of aromatic amines is 1. The smallest absolute Gasteiger partial charge is 0.341 e. The van der Waals surface area contributed by atoms with E-state index >= 15 is 0 Å². The molecule has 4 N–H and O–H groups in total. The van der Waals surface area contributed by atoms with Gasteiger partial charge < -0.3 is 15.8 Å². The van der Waals surface area contributed by atoms with Gasteiger partial charge in [0.05, 0.1) is 5.69 Å². The summed E-state index contributed by atoms with van der Waals surface area (Å²) in [5.74, 6) is -1.26. The summed E-state index contributed by atoms with van der Waals surface area (Å²) in [7, 11) is 0. The zero-order valence-electron chi connectivity index (χ0n) is 7.34. The molecule has 0 aliphatic heterocycles. The second kappa shape index (κ2) is 2.93. The van der Waals surface area contributed by atoms with Gasteiger partial charge in [0.15, 0.2) is 0 Å². The van der Waals surface area contributed by atoms with Gasteiger partial charge in [-0.2, -0.15) is 0 Å². The van der Waals surface area contributed by atoms with Crippen LogP contribution in [0.2, 0.25) is 0 Å². The Hall–Kier alpha value is -1.78. The standard InChI is InChI=1S/C8H10N2O3/c1-3-5(8(12)13)7(11)10-4(2)6(3)9/h9H2,1-2H3,(H,10,11)(H,12,13). The first kappa shape index (κ1) is 9.31. The lowest BCUT2D eigenvalue weighted by Gasteiger charge is -2.06. The lowest BCUT2D eigenvalue weighted by Crippen LogP contribution is -2.21. The van der Waals surface area contributed by atoms with Gasteiger partial charge in [0.1, 0.15) is 5.56 Å². The molecule has 1 aromatic heterocycles. The second-order valence-electron chi connectivity index (χ2n) is 2.80. The molecule has 0 aliphatic carbocycles. The van der Waals surface area contributed by atoms with Crippen LogP contribution in [0.5, 0.6) is 0 Å². The van der Waals surface area contributed by atoms with E-state index in [9.17, 15) is 9.59 Å². The van der Waals surface area contributed by atoms with Crippen LogP contribution >= 0.6 is 0 Å². The van der Waals surface area contributed by atoms with Crippen LogP contribution in [0.25, 0.3) is 0 Å². The average Bonchev–Trinajstić information content (AvgIpc) is 1.99. The fraction of sp³-hybridized carbons (Fsp3) is 0.250. The molecule has 1 heterocycles. The topological polar surface area (TPSA) is 96.2 Å². The van der Waals surface area contributed by atoms with Crippen molar-refractivity contribution in [2.75, 3.05) is 5.73 Å². The molecule has 5 nitrogen and oxygen atoms in total. The number of carboxylic acids is 1. The Balaban J connectivity index is 3.63. The number of rotatable bonds is 1. The highest BCUT2D eigenvalue weighted by Gasteiger charge is 2.15. The third-order valence-corrected chi connectivity index (χ3v) is 1.92. The SMILES string of the molecule is Cc1[nH]c(=O)c(C(=O)O)c(C)c1N. The molecule has 1 rings (SSSR count). The number of aromatic nitrogens is 1. The van der Waals surface area contributed by atoms with Gasteiger partial charge in [0.2, 0.25) is 0 Å². The zero-order chi connectivity index (χ0) is 10.2. The predicted octanol–water partition coefficient (Wildman–Crippen LogP) is 0.272. The van der Waals surface area contributed by atoms with Crippen molar-refractivity contribution in [1.29, 1.82) is 0 Å². The Morgan fingerprint density at radius 2 is 2.00 bits per heavy atom. The number of hydrogen-bond acceptors (Lipinski definition) is 3. The third kappa shape index (κ3) is 1.40. The number of carboxylic acid groups (broad SMARTS) is 1. The maximum Gasteiger partial charge on any atom is 0.341 e. The summed E-state index contributed by atoms with van der Waals surface area (Å²) < 4.78 is 0. The summed E-state index contributed by atoms with van der Waals surface area (Å²) in [6.07, 6.45) is 0. The molecule has 0 amide bonds. The number of aromatic carboxylic acids is 1. The Labute approximate surface area is 74.2 Å². The van der Waals surface area contributed by atoms with Crippen LogP contribution in [-0.2, 0) is 0 Å². The molecule has 0 spiro atoms. The van der Waals surface area contributed by atoms with Gasteiger partial charge in [0.25, 0.3) is 5.56 Å². The van der Waals surface area contributed by atoms with E-state index in [4.69, 9.17) is 10.8 Å². The van der Waals surface area contributed by atoms with Gasteiger partial charge in [0, 0.05) is 5.69 Å². The van der Waals surface area contributed by atoms with Crippen molar-refractivity contribution in [3.05, 3.63) is 27.2 Å². The molecule has 0 aromatic carbocycles. The number of H-pyrrole nitrogens is 1. The van der Waals surface area contributed by atoms with Crippen molar-refractivity contribution in [1.82, 2.24) is 4.98 Å². The van der Waals surface area contributed by atoms with Crippen molar-refractivity contribution in [3.63, 3.8) is 0 Å². The summed E-state index contributed by atoms with van der Waals surface area (Å²) in [5, 5.41) is 8.69. The van der Waals surface area contributed by atoms with Gasteiger partial charge in [-0.25, -0.2) is 4.79 Å². The van der Waals surface area contributed by atoms with E-state index in [0.717, 1.165) is 0 Å². The van der Waals surface area contributed by atoms with Crippen LogP contribution < -0.4 is 11.3 Å². The van der Waals surface area contributed by atoms with E-state index in [1.807, 2.05) is 0 Å². The van der Waals surface area contributed by atoms with Crippen LogP contribution in [0, 0.1) is 13.8 Å². The molecule has 0 fully saturated rings. The molecular formula is C8H10N2O3. The molecule has 0 radical (unpaired) electrons. The number of pyridine rings is 1. The summed E-state index contributed by atoms with van der Waals surface area (Å²) in [5.41, 5.74) is 5.78. The van der Waals surface area contributed by atoms with Crippen LogP contribution in [0.4, 0.5) is 5.69 Å². The summed E-state index contributed by atoms with van der Waals surface area (Å²) in [6, 6.07) is 0. The van der Waals surface area contributed by atoms with Crippen molar-refractivity contribution in [3.8, 4) is 0 Å². The van der Waals surface area contributed by atoms with Crippen LogP contribution in [0.15, 0.2) is 4.79 Å². The van der Waals surface area contributed by atoms with Crippen LogP contribution in [0.1, 0.15) is 21.6 Å². The van der Waals surface area contributed by atoms with Gasteiger partial charge >= 0.3 is 5.97 Å². The minimum absolute atomic E-state index is 0.289. The summed E-state index contributed by atoms with van der Waals surface area (Å²) in [6.45, 7) is 3.14. The van der Waals surface area contributed by atoms with Gasteiger partial charge in [-0.1, -0.05) is 0 Å². The Morgan fingerprint density at radius 1 is 1.46 bits per heavy atom. The highest BCUT2D eigenvalue weighted by atomic mass is 16.4. The number of nitrogens with one attached hydrogen (secondary N) is 1. The second-order valence-corrected chi connectivity index (χ2v) is 2.80. The summed E-state index contributed by atoms with van der Waals surface area (Å²) >= 11 is 0. The predicted molar refractivity (Wildman–Crippen MR) is 47.9 cm³/mol. The van der Waals surface area contributed by atoms with E-state index < -0.39 is 11.5 Å². The highest BCUT2D eigenvalue weighted by molar-refractivity contribution is 5.90. The monoisotopic (exact) mass is 182 g/mol. The van der Waals surface area contributed by atoms with E-state index in [2.05, 4.69) is 4.98 Å². The molecule has 0 saturated carbocycles.